The molecule has 1 saturated heterocycles. The molecule has 0 aromatic heterocycles. The lowest BCUT2D eigenvalue weighted by molar-refractivity contribution is -0.129. The van der Waals surface area contributed by atoms with Crippen molar-refractivity contribution in [2.24, 2.45) is 5.14 Å². The van der Waals surface area contributed by atoms with Crippen molar-refractivity contribution >= 4 is 26.0 Å². The summed E-state index contributed by atoms with van der Waals surface area (Å²) in [6.45, 7) is 1.80. The van der Waals surface area contributed by atoms with Gasteiger partial charge in [0.1, 0.15) is 0 Å². The fourth-order valence-electron chi connectivity index (χ4n) is 2.64. The van der Waals surface area contributed by atoms with Gasteiger partial charge >= 0.3 is 0 Å². The van der Waals surface area contributed by atoms with E-state index in [1.54, 1.807) is 14.1 Å². The molecule has 0 saturated carbocycles. The highest BCUT2D eigenvalue weighted by Gasteiger charge is 2.28. The van der Waals surface area contributed by atoms with Crippen molar-refractivity contribution < 1.29 is 21.6 Å². The fourth-order valence-corrected chi connectivity index (χ4v) is 4.79. The minimum absolute atomic E-state index is 0.0397. The predicted octanol–water partition coefficient (Wildman–Crippen LogP) is -0.881. The number of benzene rings is 1. The van der Waals surface area contributed by atoms with Gasteiger partial charge in [0.25, 0.3) is 0 Å². The summed E-state index contributed by atoms with van der Waals surface area (Å²) in [5, 5.41) is 5.08. The molecule has 1 amide bonds. The fraction of sp³-hybridized carbons (Fsp3) is 0.533. The Morgan fingerprint density at radius 3 is 2.35 bits per heavy atom. The number of nitrogens with zero attached hydrogens (tertiary/aromatic N) is 3. The van der Waals surface area contributed by atoms with E-state index < -0.39 is 20.0 Å². The van der Waals surface area contributed by atoms with Gasteiger partial charge in [-0.15, -0.1) is 0 Å². The van der Waals surface area contributed by atoms with E-state index in [0.717, 1.165) is 6.07 Å². The second-order valence-electron chi connectivity index (χ2n) is 6.34. The molecule has 2 rings (SSSR count). The van der Waals surface area contributed by atoms with Crippen LogP contribution in [-0.4, -0.2) is 83.7 Å². The summed E-state index contributed by atoms with van der Waals surface area (Å²) in [6, 6.07) is 5.03. The van der Waals surface area contributed by atoms with Gasteiger partial charge in [-0.2, -0.15) is 4.31 Å². The van der Waals surface area contributed by atoms with Crippen molar-refractivity contribution in [2.45, 2.75) is 16.2 Å². The van der Waals surface area contributed by atoms with Crippen LogP contribution in [0.5, 0.6) is 0 Å². The van der Waals surface area contributed by atoms with Gasteiger partial charge in [-0.05, 0) is 31.2 Å². The Morgan fingerprint density at radius 1 is 1.08 bits per heavy atom. The lowest BCUT2D eigenvalue weighted by atomic mass is 10.4. The molecule has 1 aliphatic heterocycles. The summed E-state index contributed by atoms with van der Waals surface area (Å²) >= 11 is 0. The number of primary sulfonamides is 1. The zero-order valence-electron chi connectivity index (χ0n) is 14.8. The third kappa shape index (κ3) is 5.01. The number of hydrogen-bond donors (Lipinski definition) is 1. The van der Waals surface area contributed by atoms with E-state index in [-0.39, 0.29) is 28.8 Å². The Bertz CT molecular complexity index is 868. The normalized spacial score (nSPS) is 17.7. The maximum absolute atomic E-state index is 12.9. The van der Waals surface area contributed by atoms with E-state index in [1.807, 2.05) is 4.90 Å². The van der Waals surface area contributed by atoms with Crippen molar-refractivity contribution in [1.29, 1.82) is 0 Å². The molecule has 1 aromatic rings. The summed E-state index contributed by atoms with van der Waals surface area (Å²) in [6.07, 6.45) is 0.578. The number of likely N-dealkylation sites (N-methyl/N-ethyl adjacent to an activating group) is 1. The van der Waals surface area contributed by atoms with Gasteiger partial charge in [0.2, 0.25) is 26.0 Å². The molecular weight excluding hydrogens is 380 g/mol. The van der Waals surface area contributed by atoms with Crippen LogP contribution in [0.15, 0.2) is 34.1 Å². The second kappa shape index (κ2) is 8.01. The molecule has 26 heavy (non-hydrogen) atoms. The van der Waals surface area contributed by atoms with Crippen LogP contribution in [-0.2, 0) is 24.8 Å². The van der Waals surface area contributed by atoms with E-state index in [1.165, 1.54) is 27.4 Å². The minimum atomic E-state index is -3.99. The minimum Gasteiger partial charge on any atom is -0.348 e. The third-order valence-corrected chi connectivity index (χ3v) is 6.98. The summed E-state index contributed by atoms with van der Waals surface area (Å²) in [4.78, 5) is 14.9. The second-order valence-corrected chi connectivity index (χ2v) is 9.84. The molecule has 11 heteroatoms. The Labute approximate surface area is 154 Å². The molecule has 0 spiro atoms. The molecule has 1 heterocycles. The lowest BCUT2D eigenvalue weighted by Crippen LogP contribution is -2.39. The number of rotatable bonds is 5. The highest BCUT2D eigenvalue weighted by Crippen LogP contribution is 2.20. The molecule has 9 nitrogen and oxygen atoms in total. The molecule has 0 bridgehead atoms. The van der Waals surface area contributed by atoms with Crippen LogP contribution in [0, 0.1) is 0 Å². The van der Waals surface area contributed by atoms with E-state index in [9.17, 15) is 21.6 Å². The largest absolute Gasteiger partial charge is 0.348 e. The van der Waals surface area contributed by atoms with Crippen LogP contribution in [0.1, 0.15) is 6.42 Å². The van der Waals surface area contributed by atoms with Gasteiger partial charge in [0.05, 0.1) is 16.3 Å². The number of amides is 1. The van der Waals surface area contributed by atoms with Gasteiger partial charge < -0.3 is 4.90 Å². The van der Waals surface area contributed by atoms with Gasteiger partial charge in [-0.25, -0.2) is 22.0 Å². The Hall–Kier alpha value is -1.53. The maximum atomic E-state index is 12.9. The van der Waals surface area contributed by atoms with Crippen LogP contribution in [0.25, 0.3) is 0 Å². The van der Waals surface area contributed by atoms with Gasteiger partial charge in [-0.3, -0.25) is 9.69 Å². The standard InChI is InChI=1S/C15H24N4O5S2/c1-17(2)15(20)12-18-7-4-8-19(10-9-18)26(23,24)14-6-3-5-13(11-14)25(16,21)22/h3,5-6,11H,4,7-10,12H2,1-2H3,(H2,16,21,22). The van der Waals surface area contributed by atoms with Crippen LogP contribution < -0.4 is 5.14 Å². The number of carbonyl (C=O) groups excluding carboxylic acids is 1. The van der Waals surface area contributed by atoms with E-state index in [2.05, 4.69) is 0 Å². The topological polar surface area (TPSA) is 121 Å². The zero-order chi connectivity index (χ0) is 19.5. The van der Waals surface area contributed by atoms with Crippen LogP contribution in [0.3, 0.4) is 0 Å². The number of carbonyl (C=O) groups is 1. The molecule has 1 aromatic carbocycles. The smallest absolute Gasteiger partial charge is 0.243 e. The molecule has 1 fully saturated rings. The van der Waals surface area contributed by atoms with Gasteiger partial charge in [0, 0.05) is 33.7 Å². The van der Waals surface area contributed by atoms with E-state index in [4.69, 9.17) is 5.14 Å². The molecule has 0 unspecified atom stereocenters. The third-order valence-electron chi connectivity index (χ3n) is 4.18. The SMILES string of the molecule is CN(C)C(=O)CN1CCCN(S(=O)(=O)c2cccc(S(N)(=O)=O)c2)CC1. The van der Waals surface area contributed by atoms with E-state index >= 15 is 0 Å². The molecule has 146 valence electrons. The quantitative estimate of drug-likeness (QED) is 0.680. The average Bonchev–Trinajstić information content (AvgIpc) is 2.80. The van der Waals surface area contributed by atoms with Crippen LogP contribution >= 0.6 is 0 Å². The first-order chi connectivity index (χ1) is 12.0. The molecule has 2 N–H and O–H groups in total. The maximum Gasteiger partial charge on any atom is 0.243 e. The molecule has 1 aliphatic rings. The van der Waals surface area contributed by atoms with Crippen LogP contribution in [0.4, 0.5) is 0 Å². The van der Waals surface area contributed by atoms with Gasteiger partial charge in [0.15, 0.2) is 0 Å². The molecular formula is C15H24N4O5S2. The van der Waals surface area contributed by atoms with Crippen molar-refractivity contribution in [3.8, 4) is 0 Å². The molecule has 0 aliphatic carbocycles. The summed E-state index contributed by atoms with van der Waals surface area (Å²) < 4.78 is 50.0. The predicted molar refractivity (Wildman–Crippen MR) is 96.3 cm³/mol. The Kier molecular flexibility index (Phi) is 6.40. The number of hydrogen-bond acceptors (Lipinski definition) is 6. The molecule has 0 atom stereocenters. The first-order valence-corrected chi connectivity index (χ1v) is 11.1. The Balaban J connectivity index is 2.16. The zero-order valence-corrected chi connectivity index (χ0v) is 16.5. The van der Waals surface area contributed by atoms with E-state index in [0.29, 0.717) is 26.1 Å². The summed E-state index contributed by atoms with van der Waals surface area (Å²) in [5.74, 6) is -0.0397. The average molecular weight is 405 g/mol. The van der Waals surface area contributed by atoms with Crippen molar-refractivity contribution in [3.05, 3.63) is 24.3 Å². The van der Waals surface area contributed by atoms with Crippen LogP contribution in [0.2, 0.25) is 0 Å². The van der Waals surface area contributed by atoms with Crippen molar-refractivity contribution in [3.63, 3.8) is 0 Å². The summed E-state index contributed by atoms with van der Waals surface area (Å²) in [7, 11) is -4.48. The van der Waals surface area contributed by atoms with Crippen molar-refractivity contribution in [1.82, 2.24) is 14.1 Å². The monoisotopic (exact) mass is 404 g/mol. The van der Waals surface area contributed by atoms with Crippen molar-refractivity contribution in [2.75, 3.05) is 46.8 Å². The first-order valence-electron chi connectivity index (χ1n) is 8.07. The first kappa shape index (κ1) is 20.8. The Morgan fingerprint density at radius 2 is 1.73 bits per heavy atom. The molecule has 0 radical (unpaired) electrons. The number of nitrogens with two attached hydrogens (primary N) is 1. The highest BCUT2D eigenvalue weighted by molar-refractivity contribution is 7.90. The van der Waals surface area contributed by atoms with Gasteiger partial charge in [-0.1, -0.05) is 6.07 Å². The lowest BCUT2D eigenvalue weighted by Gasteiger charge is -2.22. The highest BCUT2D eigenvalue weighted by atomic mass is 32.2. The summed E-state index contributed by atoms with van der Waals surface area (Å²) in [5.41, 5.74) is 0. The number of sulfonamides is 2.